The number of nitrogens with zero attached hydrogens (tertiary/aromatic N) is 3. The molecule has 5 rings (SSSR count). The standard InChI is InChI=1S/C24H18FN3O4/c25-18-6-1-4-15(12-18)16-9-10-22-20(14-16)26-23(32-22)21-8-3-11-27(21)24(29)17-5-2-7-19(13-17)28(30)31/h1-2,4-7,9-10,12-14,21H,3,8,11H2/t21-/m0/s1. The highest BCUT2D eigenvalue weighted by Gasteiger charge is 2.34. The Morgan fingerprint density at radius 2 is 1.91 bits per heavy atom. The van der Waals surface area contributed by atoms with Crippen molar-refractivity contribution in [1.29, 1.82) is 0 Å². The molecule has 0 aliphatic carbocycles. The Morgan fingerprint density at radius 1 is 1.09 bits per heavy atom. The number of halogens is 1. The fourth-order valence-corrected chi connectivity index (χ4v) is 4.12. The fraction of sp³-hybridized carbons (Fsp3) is 0.167. The highest BCUT2D eigenvalue weighted by Crippen LogP contribution is 2.35. The number of fused-ring (bicyclic) bond motifs is 1. The monoisotopic (exact) mass is 431 g/mol. The number of carbonyl (C=O) groups excluding carboxylic acids is 1. The van der Waals surface area contributed by atoms with Crippen LogP contribution in [-0.2, 0) is 0 Å². The van der Waals surface area contributed by atoms with E-state index in [1.54, 1.807) is 23.1 Å². The number of likely N-dealkylation sites (tertiary alicyclic amines) is 1. The van der Waals surface area contributed by atoms with Crippen LogP contribution in [0.25, 0.3) is 22.2 Å². The summed E-state index contributed by atoms with van der Waals surface area (Å²) in [6.45, 7) is 0.513. The number of benzene rings is 3. The molecule has 7 nitrogen and oxygen atoms in total. The average Bonchev–Trinajstić information content (AvgIpc) is 3.45. The van der Waals surface area contributed by atoms with Gasteiger partial charge < -0.3 is 9.32 Å². The Balaban J connectivity index is 1.45. The molecule has 0 N–H and O–H groups in total. The molecule has 160 valence electrons. The Hall–Kier alpha value is -4.07. The molecule has 1 amide bonds. The van der Waals surface area contributed by atoms with Crippen LogP contribution in [0.5, 0.6) is 0 Å². The van der Waals surface area contributed by atoms with E-state index in [1.165, 1.54) is 30.3 Å². The fourth-order valence-electron chi connectivity index (χ4n) is 4.12. The zero-order valence-corrected chi connectivity index (χ0v) is 16.9. The first-order valence-corrected chi connectivity index (χ1v) is 10.2. The van der Waals surface area contributed by atoms with Crippen molar-refractivity contribution in [3.05, 3.63) is 94.1 Å². The Kier molecular flexibility index (Phi) is 4.89. The summed E-state index contributed by atoms with van der Waals surface area (Å²) in [5.41, 5.74) is 2.88. The van der Waals surface area contributed by atoms with Crippen LogP contribution in [0.2, 0.25) is 0 Å². The van der Waals surface area contributed by atoms with Crippen molar-refractivity contribution < 1.29 is 18.5 Å². The maximum atomic E-state index is 13.6. The lowest BCUT2D eigenvalue weighted by Gasteiger charge is -2.22. The van der Waals surface area contributed by atoms with E-state index in [0.717, 1.165) is 17.5 Å². The lowest BCUT2D eigenvalue weighted by molar-refractivity contribution is -0.384. The van der Waals surface area contributed by atoms with Crippen LogP contribution < -0.4 is 0 Å². The average molecular weight is 431 g/mol. The highest BCUT2D eigenvalue weighted by molar-refractivity contribution is 5.95. The minimum atomic E-state index is -0.519. The van der Waals surface area contributed by atoms with Gasteiger partial charge in [-0.05, 0) is 54.3 Å². The highest BCUT2D eigenvalue weighted by atomic mass is 19.1. The smallest absolute Gasteiger partial charge is 0.270 e. The van der Waals surface area contributed by atoms with Crippen LogP contribution in [0.15, 0.2) is 71.1 Å². The lowest BCUT2D eigenvalue weighted by Crippen LogP contribution is -2.30. The van der Waals surface area contributed by atoms with E-state index >= 15 is 0 Å². The Labute approximate surface area is 182 Å². The van der Waals surface area contributed by atoms with E-state index in [1.807, 2.05) is 18.2 Å². The SMILES string of the molecule is O=C(c1cccc([N+](=O)[O-])c1)N1CCC[C@H]1c1nc2cc(-c3cccc(F)c3)ccc2o1. The van der Waals surface area contributed by atoms with E-state index in [9.17, 15) is 19.3 Å². The van der Waals surface area contributed by atoms with Crippen molar-refractivity contribution in [2.45, 2.75) is 18.9 Å². The Morgan fingerprint density at radius 3 is 2.72 bits per heavy atom. The van der Waals surface area contributed by atoms with Gasteiger partial charge in [-0.2, -0.15) is 0 Å². The molecule has 3 aromatic carbocycles. The van der Waals surface area contributed by atoms with Crippen molar-refractivity contribution in [3.8, 4) is 11.1 Å². The molecule has 0 spiro atoms. The minimum Gasteiger partial charge on any atom is -0.438 e. The van der Waals surface area contributed by atoms with Crippen LogP contribution in [0, 0.1) is 15.9 Å². The zero-order valence-electron chi connectivity index (χ0n) is 16.9. The number of nitro groups is 1. The van der Waals surface area contributed by atoms with Crippen LogP contribution in [0.3, 0.4) is 0 Å². The van der Waals surface area contributed by atoms with Gasteiger partial charge in [-0.25, -0.2) is 9.37 Å². The molecule has 1 saturated heterocycles. The molecule has 0 saturated carbocycles. The van der Waals surface area contributed by atoms with Gasteiger partial charge in [0, 0.05) is 24.2 Å². The third-order valence-corrected chi connectivity index (χ3v) is 5.66. The van der Waals surface area contributed by atoms with Crippen LogP contribution in [0.1, 0.15) is 35.1 Å². The molecular formula is C24H18FN3O4. The number of non-ortho nitro benzene ring substituents is 1. The summed E-state index contributed by atoms with van der Waals surface area (Å²) < 4.78 is 19.6. The van der Waals surface area contributed by atoms with Gasteiger partial charge >= 0.3 is 0 Å². The Bertz CT molecular complexity index is 1350. The molecule has 4 aromatic rings. The number of nitro benzene ring substituents is 1. The third-order valence-electron chi connectivity index (χ3n) is 5.66. The molecule has 1 aromatic heterocycles. The van der Waals surface area contributed by atoms with Crippen molar-refractivity contribution in [2.24, 2.45) is 0 Å². The normalized spacial score (nSPS) is 15.9. The van der Waals surface area contributed by atoms with Gasteiger partial charge in [0.15, 0.2) is 5.58 Å². The van der Waals surface area contributed by atoms with Crippen LogP contribution in [0.4, 0.5) is 10.1 Å². The maximum Gasteiger partial charge on any atom is 0.270 e. The molecule has 0 unspecified atom stereocenters. The zero-order chi connectivity index (χ0) is 22.2. The molecule has 0 radical (unpaired) electrons. The van der Waals surface area contributed by atoms with E-state index < -0.39 is 4.92 Å². The second-order valence-corrected chi connectivity index (χ2v) is 7.71. The number of rotatable bonds is 4. The van der Waals surface area contributed by atoms with Gasteiger partial charge in [0.2, 0.25) is 5.89 Å². The summed E-state index contributed by atoms with van der Waals surface area (Å²) in [6.07, 6.45) is 1.46. The van der Waals surface area contributed by atoms with Gasteiger partial charge in [0.1, 0.15) is 17.4 Å². The van der Waals surface area contributed by atoms with Gasteiger partial charge in [0.25, 0.3) is 11.6 Å². The minimum absolute atomic E-state index is 0.127. The molecular weight excluding hydrogens is 413 g/mol. The van der Waals surface area contributed by atoms with Crippen molar-refractivity contribution in [2.75, 3.05) is 6.54 Å². The number of aromatic nitrogens is 1. The lowest BCUT2D eigenvalue weighted by atomic mass is 10.1. The van der Waals surface area contributed by atoms with Gasteiger partial charge in [-0.15, -0.1) is 0 Å². The molecule has 8 heteroatoms. The number of hydrogen-bond acceptors (Lipinski definition) is 5. The quantitative estimate of drug-likeness (QED) is 0.314. The second-order valence-electron chi connectivity index (χ2n) is 7.71. The van der Waals surface area contributed by atoms with E-state index in [4.69, 9.17) is 4.42 Å². The predicted octanol–water partition coefficient (Wildman–Crippen LogP) is 5.52. The third kappa shape index (κ3) is 3.60. The van der Waals surface area contributed by atoms with E-state index in [-0.39, 0.29) is 29.0 Å². The predicted molar refractivity (Wildman–Crippen MR) is 116 cm³/mol. The summed E-state index contributed by atoms with van der Waals surface area (Å²) in [7, 11) is 0. The maximum absolute atomic E-state index is 13.6. The first kappa shape index (κ1) is 19.9. The molecule has 2 heterocycles. The van der Waals surface area contributed by atoms with Crippen molar-refractivity contribution in [3.63, 3.8) is 0 Å². The first-order chi connectivity index (χ1) is 15.5. The summed E-state index contributed by atoms with van der Waals surface area (Å²) in [4.78, 5) is 29.9. The summed E-state index contributed by atoms with van der Waals surface area (Å²) in [5.74, 6) is -0.184. The summed E-state index contributed by atoms with van der Waals surface area (Å²) in [5, 5.41) is 11.1. The molecule has 1 aliphatic rings. The van der Waals surface area contributed by atoms with E-state index in [0.29, 0.717) is 30.0 Å². The number of amides is 1. The van der Waals surface area contributed by atoms with Crippen molar-refractivity contribution in [1.82, 2.24) is 9.88 Å². The second kappa shape index (κ2) is 7.88. The van der Waals surface area contributed by atoms with Crippen molar-refractivity contribution >= 4 is 22.7 Å². The van der Waals surface area contributed by atoms with Crippen LogP contribution >= 0.6 is 0 Å². The van der Waals surface area contributed by atoms with Gasteiger partial charge in [-0.1, -0.05) is 24.3 Å². The molecule has 32 heavy (non-hydrogen) atoms. The van der Waals surface area contributed by atoms with E-state index in [2.05, 4.69) is 4.98 Å². The molecule has 1 fully saturated rings. The van der Waals surface area contributed by atoms with Crippen LogP contribution in [-0.4, -0.2) is 27.3 Å². The molecule has 0 bridgehead atoms. The first-order valence-electron chi connectivity index (χ1n) is 10.2. The largest absolute Gasteiger partial charge is 0.438 e. The number of oxazole rings is 1. The topological polar surface area (TPSA) is 89.5 Å². The summed E-state index contributed by atoms with van der Waals surface area (Å²) >= 11 is 0. The summed E-state index contributed by atoms with van der Waals surface area (Å²) in [6, 6.07) is 17.1. The van der Waals surface area contributed by atoms with Gasteiger partial charge in [-0.3, -0.25) is 14.9 Å². The molecule has 1 atom stereocenters. The molecule has 1 aliphatic heterocycles. The number of hydrogen-bond donors (Lipinski definition) is 0. The van der Waals surface area contributed by atoms with Gasteiger partial charge in [0.05, 0.1) is 4.92 Å². The number of carbonyl (C=O) groups is 1.